The van der Waals surface area contributed by atoms with E-state index in [0.717, 1.165) is 44.7 Å². The standard InChI is InChI=1S/C23H16ClFN4/c1-29-23(12-21(28-29)15-3-2-8-26-13-15)14-4-7-20-16(9-14)10-22(27-20)18-6-5-17(25)11-19(18)24/h2-13,27H,1H3. The molecule has 0 aliphatic carbocycles. The highest BCUT2D eigenvalue weighted by atomic mass is 35.5. The van der Waals surface area contributed by atoms with E-state index in [1.54, 1.807) is 18.5 Å². The number of H-pyrrole nitrogens is 1. The molecule has 2 aromatic carbocycles. The third-order valence-electron chi connectivity index (χ3n) is 4.97. The van der Waals surface area contributed by atoms with Crippen molar-refractivity contribution >= 4 is 22.5 Å². The van der Waals surface area contributed by atoms with Gasteiger partial charge in [0.15, 0.2) is 0 Å². The molecular formula is C23H16ClFN4. The van der Waals surface area contributed by atoms with E-state index in [4.69, 9.17) is 11.6 Å². The molecule has 0 unspecified atom stereocenters. The van der Waals surface area contributed by atoms with Crippen LogP contribution >= 0.6 is 11.6 Å². The first-order valence-corrected chi connectivity index (χ1v) is 9.49. The van der Waals surface area contributed by atoms with Gasteiger partial charge in [-0.25, -0.2) is 4.39 Å². The smallest absolute Gasteiger partial charge is 0.124 e. The van der Waals surface area contributed by atoms with Crippen molar-refractivity contribution in [2.45, 2.75) is 0 Å². The van der Waals surface area contributed by atoms with Crippen molar-refractivity contribution in [3.63, 3.8) is 0 Å². The number of aromatic nitrogens is 4. The molecule has 0 aliphatic heterocycles. The molecule has 0 amide bonds. The molecule has 0 spiro atoms. The molecule has 0 fully saturated rings. The molecular weight excluding hydrogens is 387 g/mol. The Kier molecular flexibility index (Phi) is 4.18. The third-order valence-corrected chi connectivity index (χ3v) is 5.29. The van der Waals surface area contributed by atoms with Gasteiger partial charge in [0.25, 0.3) is 0 Å². The number of halogens is 2. The molecule has 3 aromatic heterocycles. The molecule has 0 atom stereocenters. The van der Waals surface area contributed by atoms with Crippen molar-refractivity contribution < 1.29 is 4.39 Å². The summed E-state index contributed by atoms with van der Waals surface area (Å²) >= 11 is 6.22. The molecule has 1 N–H and O–H groups in total. The predicted octanol–water partition coefficient (Wildman–Crippen LogP) is 6.09. The summed E-state index contributed by atoms with van der Waals surface area (Å²) < 4.78 is 15.2. The van der Waals surface area contributed by atoms with E-state index in [2.05, 4.69) is 33.3 Å². The molecule has 0 saturated carbocycles. The third kappa shape index (κ3) is 3.19. The first kappa shape index (κ1) is 17.6. The summed E-state index contributed by atoms with van der Waals surface area (Å²) in [6.07, 6.45) is 3.55. The van der Waals surface area contributed by atoms with Gasteiger partial charge in [-0.2, -0.15) is 5.10 Å². The first-order valence-electron chi connectivity index (χ1n) is 9.11. The number of rotatable bonds is 3. The van der Waals surface area contributed by atoms with Crippen LogP contribution in [-0.2, 0) is 7.05 Å². The predicted molar refractivity (Wildman–Crippen MR) is 114 cm³/mol. The SMILES string of the molecule is Cn1nc(-c2cccnc2)cc1-c1ccc2[nH]c(-c3ccc(F)cc3Cl)cc2c1. The van der Waals surface area contributed by atoms with Crippen LogP contribution in [0.3, 0.4) is 0 Å². The quantitative estimate of drug-likeness (QED) is 0.397. The number of hydrogen-bond donors (Lipinski definition) is 1. The number of nitrogens with zero attached hydrogens (tertiary/aromatic N) is 3. The number of aromatic amines is 1. The summed E-state index contributed by atoms with van der Waals surface area (Å²) in [6.45, 7) is 0. The highest BCUT2D eigenvalue weighted by molar-refractivity contribution is 6.33. The molecule has 3 heterocycles. The van der Waals surface area contributed by atoms with Crippen LogP contribution in [-0.4, -0.2) is 19.7 Å². The average Bonchev–Trinajstić information content (AvgIpc) is 3.31. The molecule has 6 heteroatoms. The molecule has 0 radical (unpaired) electrons. The van der Waals surface area contributed by atoms with Crippen LogP contribution in [0.5, 0.6) is 0 Å². The average molecular weight is 403 g/mol. The molecule has 4 nitrogen and oxygen atoms in total. The molecule has 142 valence electrons. The van der Waals surface area contributed by atoms with E-state index >= 15 is 0 Å². The number of hydrogen-bond acceptors (Lipinski definition) is 2. The maximum atomic E-state index is 13.4. The van der Waals surface area contributed by atoms with Crippen molar-refractivity contribution in [1.29, 1.82) is 0 Å². The van der Waals surface area contributed by atoms with E-state index in [1.165, 1.54) is 12.1 Å². The second kappa shape index (κ2) is 6.87. The maximum Gasteiger partial charge on any atom is 0.124 e. The van der Waals surface area contributed by atoms with Gasteiger partial charge < -0.3 is 4.98 Å². The van der Waals surface area contributed by atoms with Crippen LogP contribution in [0.2, 0.25) is 5.02 Å². The fourth-order valence-corrected chi connectivity index (χ4v) is 3.81. The number of aryl methyl sites for hydroxylation is 1. The van der Waals surface area contributed by atoms with Crippen LogP contribution in [0.15, 0.2) is 73.1 Å². The fraction of sp³-hybridized carbons (Fsp3) is 0.0435. The zero-order chi connectivity index (χ0) is 20.0. The van der Waals surface area contributed by atoms with Crippen molar-refractivity contribution in [3.8, 4) is 33.8 Å². The summed E-state index contributed by atoms with van der Waals surface area (Å²) in [7, 11) is 1.93. The Morgan fingerprint density at radius 2 is 1.90 bits per heavy atom. The van der Waals surface area contributed by atoms with E-state index < -0.39 is 0 Å². The number of pyridine rings is 1. The van der Waals surface area contributed by atoms with Crippen LogP contribution in [0.4, 0.5) is 4.39 Å². The Morgan fingerprint density at radius 3 is 2.69 bits per heavy atom. The van der Waals surface area contributed by atoms with E-state index in [0.29, 0.717) is 5.02 Å². The number of benzene rings is 2. The van der Waals surface area contributed by atoms with Crippen LogP contribution < -0.4 is 0 Å². The van der Waals surface area contributed by atoms with Gasteiger partial charge in [-0.3, -0.25) is 9.67 Å². The Morgan fingerprint density at radius 1 is 1.00 bits per heavy atom. The first-order chi connectivity index (χ1) is 14.1. The van der Waals surface area contributed by atoms with Crippen LogP contribution in [0.25, 0.3) is 44.7 Å². The summed E-state index contributed by atoms with van der Waals surface area (Å²) in [4.78, 5) is 7.53. The van der Waals surface area contributed by atoms with Gasteiger partial charge in [-0.15, -0.1) is 0 Å². The Bertz CT molecular complexity index is 1340. The Labute approximate surface area is 171 Å². The lowest BCUT2D eigenvalue weighted by atomic mass is 10.1. The van der Waals surface area contributed by atoms with Crippen molar-refractivity contribution in [3.05, 3.63) is 83.9 Å². The minimum absolute atomic E-state index is 0.349. The largest absolute Gasteiger partial charge is 0.354 e. The fourth-order valence-electron chi connectivity index (χ4n) is 3.54. The van der Waals surface area contributed by atoms with Gasteiger partial charge in [0.2, 0.25) is 0 Å². The van der Waals surface area contributed by atoms with E-state index in [-0.39, 0.29) is 5.82 Å². The molecule has 0 saturated heterocycles. The summed E-state index contributed by atoms with van der Waals surface area (Å²) in [5, 5.41) is 6.05. The highest BCUT2D eigenvalue weighted by Crippen LogP contribution is 2.33. The van der Waals surface area contributed by atoms with Gasteiger partial charge in [0.05, 0.1) is 16.4 Å². The maximum absolute atomic E-state index is 13.4. The summed E-state index contributed by atoms with van der Waals surface area (Å²) in [5.74, 6) is -0.349. The molecule has 29 heavy (non-hydrogen) atoms. The lowest BCUT2D eigenvalue weighted by Crippen LogP contribution is -1.93. The highest BCUT2D eigenvalue weighted by Gasteiger charge is 2.12. The van der Waals surface area contributed by atoms with Crippen LogP contribution in [0, 0.1) is 5.82 Å². The van der Waals surface area contributed by atoms with Crippen molar-refractivity contribution in [2.24, 2.45) is 7.05 Å². The molecule has 5 rings (SSSR count). The minimum atomic E-state index is -0.349. The zero-order valence-electron chi connectivity index (χ0n) is 15.5. The van der Waals surface area contributed by atoms with Gasteiger partial charge in [-0.05, 0) is 54.6 Å². The normalized spacial score (nSPS) is 11.3. The van der Waals surface area contributed by atoms with Gasteiger partial charge >= 0.3 is 0 Å². The second-order valence-electron chi connectivity index (χ2n) is 6.89. The van der Waals surface area contributed by atoms with Crippen molar-refractivity contribution in [1.82, 2.24) is 19.7 Å². The van der Waals surface area contributed by atoms with Crippen molar-refractivity contribution in [2.75, 3.05) is 0 Å². The molecule has 5 aromatic rings. The zero-order valence-corrected chi connectivity index (χ0v) is 16.3. The topological polar surface area (TPSA) is 46.5 Å². The number of nitrogens with one attached hydrogen (secondary N) is 1. The Hall–Kier alpha value is -3.44. The monoisotopic (exact) mass is 402 g/mol. The second-order valence-corrected chi connectivity index (χ2v) is 7.30. The summed E-state index contributed by atoms with van der Waals surface area (Å²) in [6, 6.07) is 18.6. The minimum Gasteiger partial charge on any atom is -0.354 e. The van der Waals surface area contributed by atoms with Gasteiger partial charge in [0.1, 0.15) is 5.82 Å². The number of fused-ring (bicyclic) bond motifs is 1. The lowest BCUT2D eigenvalue weighted by molar-refractivity contribution is 0.628. The molecule has 0 aliphatic rings. The summed E-state index contributed by atoms with van der Waals surface area (Å²) in [5.41, 5.74) is 6.52. The van der Waals surface area contributed by atoms with Crippen LogP contribution in [0.1, 0.15) is 0 Å². The lowest BCUT2D eigenvalue weighted by Gasteiger charge is -2.01. The molecule has 0 bridgehead atoms. The van der Waals surface area contributed by atoms with Gasteiger partial charge in [0, 0.05) is 52.7 Å². The Balaban J connectivity index is 1.56. The van der Waals surface area contributed by atoms with Gasteiger partial charge in [-0.1, -0.05) is 17.7 Å². The van der Waals surface area contributed by atoms with E-state index in [9.17, 15) is 4.39 Å². The van der Waals surface area contributed by atoms with E-state index in [1.807, 2.05) is 36.0 Å².